The van der Waals surface area contributed by atoms with Crippen molar-refractivity contribution in [3.05, 3.63) is 46.8 Å². The van der Waals surface area contributed by atoms with Crippen LogP contribution in [-0.2, 0) is 18.9 Å². The Labute approximate surface area is 165 Å². The summed E-state index contributed by atoms with van der Waals surface area (Å²) in [6.45, 7) is 0. The van der Waals surface area contributed by atoms with Gasteiger partial charge in [-0.1, -0.05) is 0 Å². The third kappa shape index (κ3) is 3.77. The van der Waals surface area contributed by atoms with Crippen molar-refractivity contribution >= 4 is 23.9 Å². The molecule has 0 aliphatic carbocycles. The first kappa shape index (κ1) is 21.5. The molecule has 0 atom stereocenters. The minimum absolute atomic E-state index is 0.256. The van der Waals surface area contributed by atoms with E-state index >= 15 is 0 Å². The molecule has 2 rings (SSSR count). The van der Waals surface area contributed by atoms with Gasteiger partial charge in [-0.25, -0.2) is 19.2 Å². The van der Waals surface area contributed by atoms with Crippen LogP contribution in [0.4, 0.5) is 0 Å². The van der Waals surface area contributed by atoms with Crippen LogP contribution >= 0.6 is 0 Å². The number of carbonyl (C=O) groups excluding carboxylic acids is 4. The fourth-order valence-corrected chi connectivity index (χ4v) is 2.74. The first-order valence-corrected chi connectivity index (χ1v) is 8.12. The number of hydrogen-bond donors (Lipinski definition) is 0. The molecule has 0 aliphatic heterocycles. The summed E-state index contributed by atoms with van der Waals surface area (Å²) in [6, 6.07) is 6.15. The predicted molar refractivity (Wildman–Crippen MR) is 97.7 cm³/mol. The van der Waals surface area contributed by atoms with Crippen molar-refractivity contribution in [2.45, 2.75) is 0 Å². The molecule has 1 aromatic heterocycles. The van der Waals surface area contributed by atoms with Gasteiger partial charge in [-0.3, -0.25) is 4.57 Å². The molecule has 0 radical (unpaired) electrons. The lowest BCUT2D eigenvalue weighted by Gasteiger charge is -2.12. The lowest BCUT2D eigenvalue weighted by atomic mass is 10.1. The molecular weight excluding hydrogens is 386 g/mol. The minimum atomic E-state index is -1.04. The zero-order valence-electron chi connectivity index (χ0n) is 16.4. The van der Waals surface area contributed by atoms with Crippen LogP contribution < -0.4 is 4.74 Å². The molecule has 1 aromatic carbocycles. The lowest BCUT2D eigenvalue weighted by Crippen LogP contribution is -2.17. The van der Waals surface area contributed by atoms with Gasteiger partial charge in [0.1, 0.15) is 28.3 Å². The quantitative estimate of drug-likeness (QED) is 0.522. The summed E-state index contributed by atoms with van der Waals surface area (Å²) in [5.41, 5.74) is -1.51. The molecule has 29 heavy (non-hydrogen) atoms. The largest absolute Gasteiger partial charge is 0.497 e. The van der Waals surface area contributed by atoms with Crippen LogP contribution in [0, 0.1) is 0 Å². The van der Waals surface area contributed by atoms with Gasteiger partial charge in [0.15, 0.2) is 0 Å². The van der Waals surface area contributed by atoms with Crippen LogP contribution in [0.3, 0.4) is 0 Å². The maximum absolute atomic E-state index is 12.6. The number of benzene rings is 1. The number of hydrogen-bond acceptors (Lipinski definition) is 9. The highest BCUT2D eigenvalue weighted by Crippen LogP contribution is 2.31. The fourth-order valence-electron chi connectivity index (χ4n) is 2.74. The van der Waals surface area contributed by atoms with E-state index < -0.39 is 46.4 Å². The molecule has 0 aliphatic rings. The molecule has 0 N–H and O–H groups in total. The number of rotatable bonds is 6. The third-order valence-corrected chi connectivity index (χ3v) is 4.04. The van der Waals surface area contributed by atoms with Crippen LogP contribution in [0.15, 0.2) is 24.3 Å². The number of nitrogens with zero attached hydrogens (tertiary/aromatic N) is 1. The normalized spacial score (nSPS) is 10.1. The van der Waals surface area contributed by atoms with E-state index in [1.165, 1.54) is 19.2 Å². The van der Waals surface area contributed by atoms with E-state index in [1.54, 1.807) is 12.1 Å². The zero-order valence-corrected chi connectivity index (χ0v) is 16.4. The standard InChI is InChI=1S/C19H19NO9/c1-25-11-8-6-10(7-9-11)20-14(18(23)28-4)12(16(21)26-2)13(17(22)27-3)15(20)19(24)29-5/h6-9H,1-5H3. The first-order chi connectivity index (χ1) is 13.9. The number of aromatic nitrogens is 1. The Bertz CT molecular complexity index is 904. The Morgan fingerprint density at radius 2 is 1.00 bits per heavy atom. The number of carbonyl (C=O) groups is 4. The minimum Gasteiger partial charge on any atom is -0.497 e. The number of esters is 4. The van der Waals surface area contributed by atoms with Gasteiger partial charge in [0, 0.05) is 5.69 Å². The summed E-state index contributed by atoms with van der Waals surface area (Å²) in [5.74, 6) is -3.55. The van der Waals surface area contributed by atoms with E-state index in [0.29, 0.717) is 5.75 Å². The highest BCUT2D eigenvalue weighted by Gasteiger charge is 2.39. The highest BCUT2D eigenvalue weighted by atomic mass is 16.5. The summed E-state index contributed by atoms with van der Waals surface area (Å²) in [6.07, 6.45) is 0. The van der Waals surface area contributed by atoms with E-state index in [9.17, 15) is 19.2 Å². The molecule has 1 heterocycles. The Morgan fingerprint density at radius 3 is 1.31 bits per heavy atom. The van der Waals surface area contributed by atoms with Crippen LogP contribution in [0.5, 0.6) is 5.75 Å². The van der Waals surface area contributed by atoms with Crippen LogP contribution in [0.2, 0.25) is 0 Å². The molecule has 0 spiro atoms. The molecule has 154 valence electrons. The zero-order chi connectivity index (χ0) is 21.7. The molecule has 0 unspecified atom stereocenters. The number of ether oxygens (including phenoxy) is 5. The van der Waals surface area contributed by atoms with Gasteiger partial charge >= 0.3 is 23.9 Å². The maximum atomic E-state index is 12.6. The van der Waals surface area contributed by atoms with Gasteiger partial charge in [0.2, 0.25) is 0 Å². The van der Waals surface area contributed by atoms with Gasteiger partial charge in [0.05, 0.1) is 35.5 Å². The van der Waals surface area contributed by atoms with Crippen molar-refractivity contribution in [3.63, 3.8) is 0 Å². The summed E-state index contributed by atoms with van der Waals surface area (Å²) in [7, 11) is 5.77. The van der Waals surface area contributed by atoms with Gasteiger partial charge < -0.3 is 23.7 Å². The van der Waals surface area contributed by atoms with Crippen LogP contribution in [0.25, 0.3) is 5.69 Å². The lowest BCUT2D eigenvalue weighted by molar-refractivity contribution is 0.0530. The van der Waals surface area contributed by atoms with E-state index in [-0.39, 0.29) is 5.69 Å². The third-order valence-electron chi connectivity index (χ3n) is 4.04. The van der Waals surface area contributed by atoms with Crippen molar-refractivity contribution in [2.24, 2.45) is 0 Å². The second-order valence-corrected chi connectivity index (χ2v) is 5.45. The molecule has 10 nitrogen and oxygen atoms in total. The first-order valence-electron chi connectivity index (χ1n) is 8.12. The Balaban J connectivity index is 3.06. The van der Waals surface area contributed by atoms with Gasteiger partial charge in [-0.15, -0.1) is 0 Å². The summed E-state index contributed by atoms with van der Waals surface area (Å²) >= 11 is 0. The van der Waals surface area contributed by atoms with Crippen LogP contribution in [0.1, 0.15) is 41.7 Å². The van der Waals surface area contributed by atoms with Gasteiger partial charge in [-0.05, 0) is 24.3 Å². The van der Waals surface area contributed by atoms with Crippen molar-refractivity contribution in [2.75, 3.05) is 35.5 Å². The van der Waals surface area contributed by atoms with Crippen LogP contribution in [-0.4, -0.2) is 64.0 Å². The fraction of sp³-hybridized carbons (Fsp3) is 0.263. The molecular formula is C19H19NO9. The Hall–Kier alpha value is -3.82. The predicted octanol–water partition coefficient (Wildman–Crippen LogP) is 1.63. The summed E-state index contributed by atoms with van der Waals surface area (Å²) in [5, 5.41) is 0. The average molecular weight is 405 g/mol. The van der Waals surface area contributed by atoms with Crippen molar-refractivity contribution in [3.8, 4) is 11.4 Å². The van der Waals surface area contributed by atoms with E-state index in [0.717, 1.165) is 33.0 Å². The SMILES string of the molecule is COC(=O)c1c(C(=O)OC)c(C(=O)OC)n(-c2ccc(OC)cc2)c1C(=O)OC. The van der Waals surface area contributed by atoms with E-state index in [1.807, 2.05) is 0 Å². The molecule has 0 bridgehead atoms. The van der Waals surface area contributed by atoms with Gasteiger partial charge in [-0.2, -0.15) is 0 Å². The van der Waals surface area contributed by atoms with Gasteiger partial charge in [0.25, 0.3) is 0 Å². The van der Waals surface area contributed by atoms with Crippen molar-refractivity contribution < 1.29 is 42.9 Å². The molecule has 0 amide bonds. The van der Waals surface area contributed by atoms with Crippen molar-refractivity contribution in [1.82, 2.24) is 4.57 Å². The second kappa shape index (κ2) is 8.91. The average Bonchev–Trinajstić information content (AvgIpc) is 3.12. The monoisotopic (exact) mass is 405 g/mol. The molecule has 10 heteroatoms. The summed E-state index contributed by atoms with van der Waals surface area (Å²) in [4.78, 5) is 50.1. The molecule has 2 aromatic rings. The Morgan fingerprint density at radius 1 is 0.621 bits per heavy atom. The second-order valence-electron chi connectivity index (χ2n) is 5.45. The molecule has 0 saturated heterocycles. The highest BCUT2D eigenvalue weighted by molar-refractivity contribution is 6.15. The van der Waals surface area contributed by atoms with E-state index in [4.69, 9.17) is 23.7 Å². The topological polar surface area (TPSA) is 119 Å². The maximum Gasteiger partial charge on any atom is 0.355 e. The Kier molecular flexibility index (Phi) is 6.60. The smallest absolute Gasteiger partial charge is 0.355 e. The van der Waals surface area contributed by atoms with E-state index in [2.05, 4.69) is 0 Å². The molecule has 0 saturated carbocycles. The summed E-state index contributed by atoms with van der Waals surface area (Å²) < 4.78 is 25.2. The molecule has 0 fully saturated rings. The van der Waals surface area contributed by atoms with Crippen molar-refractivity contribution in [1.29, 1.82) is 0 Å². The number of methoxy groups -OCH3 is 5.